The predicted molar refractivity (Wildman–Crippen MR) is 33.3 cm³/mol. The topological polar surface area (TPSA) is 68.9 Å². The quantitative estimate of drug-likeness (QED) is 0.576. The van der Waals surface area contributed by atoms with E-state index >= 15 is 0 Å². The van der Waals surface area contributed by atoms with Crippen LogP contribution >= 0.6 is 11.5 Å². The number of Topliss-reactive ketones (excluding diaryl/α,β-unsaturated/α-hetero) is 1. The molecule has 0 unspecified atom stereocenters. The van der Waals surface area contributed by atoms with Crippen molar-refractivity contribution in [1.82, 2.24) is 9.36 Å². The number of hydrogen-bond acceptors (Lipinski definition) is 5. The first-order valence-electron chi connectivity index (χ1n) is 2.34. The van der Waals surface area contributed by atoms with Crippen molar-refractivity contribution in [3.05, 3.63) is 11.3 Å². The first-order chi connectivity index (χ1) is 4.34. The van der Waals surface area contributed by atoms with Crippen LogP contribution in [0.4, 0.5) is 0 Å². The molecule has 1 aromatic heterocycles. The van der Waals surface area contributed by atoms with Crippen molar-refractivity contribution in [3.8, 4) is 0 Å². The third-order valence-electron chi connectivity index (χ3n) is 0.785. The van der Waals surface area contributed by atoms with Gasteiger partial charge in [-0.25, -0.2) is 4.98 Å². The molecular weight excluding hydrogens is 138 g/mol. The minimum Gasteiger partial charge on any atom is -0.324 e. The summed E-state index contributed by atoms with van der Waals surface area (Å²) in [6, 6.07) is 0. The van der Waals surface area contributed by atoms with Crippen molar-refractivity contribution in [2.24, 2.45) is 5.73 Å². The fourth-order valence-electron chi connectivity index (χ4n) is 0.383. The number of carbonyl (C=O) groups excluding carboxylic acids is 1. The molecule has 0 amide bonds. The second-order valence-electron chi connectivity index (χ2n) is 1.37. The van der Waals surface area contributed by atoms with Gasteiger partial charge in [-0.2, -0.15) is 4.37 Å². The minimum absolute atomic E-state index is 0.00912. The number of rotatable bonds is 2. The van der Waals surface area contributed by atoms with E-state index in [1.54, 1.807) is 0 Å². The van der Waals surface area contributed by atoms with Crippen molar-refractivity contribution in [1.29, 1.82) is 0 Å². The summed E-state index contributed by atoms with van der Waals surface area (Å²) in [6.45, 7) is 0.00912. The lowest BCUT2D eigenvalue weighted by molar-refractivity contribution is 0.100. The molecule has 5 heteroatoms. The molecule has 0 aliphatic carbocycles. The number of ketones is 1. The highest BCUT2D eigenvalue weighted by molar-refractivity contribution is 7.07. The van der Waals surface area contributed by atoms with E-state index in [4.69, 9.17) is 5.73 Å². The lowest BCUT2D eigenvalue weighted by Gasteiger charge is -1.83. The third-order valence-corrected chi connectivity index (χ3v) is 1.49. The highest BCUT2D eigenvalue weighted by Crippen LogP contribution is 1.98. The summed E-state index contributed by atoms with van der Waals surface area (Å²) in [6.07, 6.45) is 1.34. The number of aromatic nitrogens is 2. The smallest absolute Gasteiger partial charge is 0.206 e. The van der Waals surface area contributed by atoms with E-state index in [9.17, 15) is 4.79 Å². The van der Waals surface area contributed by atoms with E-state index in [1.165, 1.54) is 6.33 Å². The van der Waals surface area contributed by atoms with Gasteiger partial charge in [-0.3, -0.25) is 4.79 Å². The van der Waals surface area contributed by atoms with E-state index in [0.29, 0.717) is 5.01 Å². The van der Waals surface area contributed by atoms with Crippen LogP contribution < -0.4 is 5.73 Å². The zero-order valence-electron chi connectivity index (χ0n) is 4.57. The second-order valence-corrected chi connectivity index (χ2v) is 2.15. The maximum absolute atomic E-state index is 10.7. The molecule has 1 heterocycles. The Kier molecular flexibility index (Phi) is 1.86. The standard InChI is InChI=1S/C4H5N3OS/c5-1-3(8)4-6-2-7-9-4/h2H,1,5H2. The van der Waals surface area contributed by atoms with Gasteiger partial charge in [-0.1, -0.05) is 0 Å². The van der Waals surface area contributed by atoms with E-state index in [0.717, 1.165) is 11.5 Å². The maximum atomic E-state index is 10.7. The Bertz CT molecular complexity index is 196. The van der Waals surface area contributed by atoms with Gasteiger partial charge in [0.1, 0.15) is 6.33 Å². The highest BCUT2D eigenvalue weighted by atomic mass is 32.1. The minimum atomic E-state index is -0.155. The predicted octanol–water partition coefficient (Wildman–Crippen LogP) is -0.321. The molecule has 0 aromatic carbocycles. The molecule has 0 fully saturated rings. The molecule has 0 atom stereocenters. The summed E-state index contributed by atoms with van der Waals surface area (Å²) in [5.74, 6) is -0.155. The average molecular weight is 143 g/mol. The summed E-state index contributed by atoms with van der Waals surface area (Å²) in [4.78, 5) is 14.3. The summed E-state index contributed by atoms with van der Waals surface area (Å²) < 4.78 is 3.65. The Morgan fingerprint density at radius 3 is 3.11 bits per heavy atom. The number of carbonyl (C=O) groups is 1. The van der Waals surface area contributed by atoms with Gasteiger partial charge in [0.05, 0.1) is 6.54 Å². The fourth-order valence-corrected chi connectivity index (χ4v) is 0.857. The third kappa shape index (κ3) is 1.30. The molecule has 9 heavy (non-hydrogen) atoms. The molecule has 1 aromatic rings. The normalized spacial score (nSPS) is 9.44. The van der Waals surface area contributed by atoms with Gasteiger partial charge in [0.25, 0.3) is 0 Å². The lowest BCUT2D eigenvalue weighted by atomic mass is 10.4. The molecule has 2 N–H and O–H groups in total. The largest absolute Gasteiger partial charge is 0.324 e. The Balaban J connectivity index is 2.77. The Labute approximate surface area is 55.9 Å². The summed E-state index contributed by atoms with van der Waals surface area (Å²) in [7, 11) is 0. The first kappa shape index (κ1) is 6.31. The van der Waals surface area contributed by atoms with Gasteiger partial charge >= 0.3 is 0 Å². The monoisotopic (exact) mass is 143 g/mol. The van der Waals surface area contributed by atoms with Gasteiger partial charge in [-0.05, 0) is 11.5 Å². The summed E-state index contributed by atoms with van der Waals surface area (Å²) in [5, 5.41) is 0.387. The van der Waals surface area contributed by atoms with Crippen molar-refractivity contribution in [2.45, 2.75) is 0 Å². The first-order valence-corrected chi connectivity index (χ1v) is 3.12. The molecule has 0 aliphatic heterocycles. The molecule has 1 rings (SSSR count). The highest BCUT2D eigenvalue weighted by Gasteiger charge is 2.04. The molecule has 0 saturated heterocycles. The molecule has 4 nitrogen and oxygen atoms in total. The average Bonchev–Trinajstić information content (AvgIpc) is 2.37. The van der Waals surface area contributed by atoms with Gasteiger partial charge in [0.2, 0.25) is 5.78 Å². The zero-order chi connectivity index (χ0) is 6.69. The van der Waals surface area contributed by atoms with Crippen LogP contribution in [0.1, 0.15) is 9.80 Å². The van der Waals surface area contributed by atoms with E-state index in [1.807, 2.05) is 0 Å². The van der Waals surface area contributed by atoms with Gasteiger partial charge in [0, 0.05) is 0 Å². The van der Waals surface area contributed by atoms with Crippen LogP contribution in [0.3, 0.4) is 0 Å². The van der Waals surface area contributed by atoms with Crippen LogP contribution in [0.2, 0.25) is 0 Å². The van der Waals surface area contributed by atoms with Crippen molar-refractivity contribution < 1.29 is 4.79 Å². The molecule has 0 saturated carbocycles. The molecule has 48 valence electrons. The van der Waals surface area contributed by atoms with E-state index < -0.39 is 0 Å². The molecular formula is C4H5N3OS. The summed E-state index contributed by atoms with van der Waals surface area (Å²) >= 11 is 1.06. The van der Waals surface area contributed by atoms with Crippen molar-refractivity contribution >= 4 is 17.3 Å². The van der Waals surface area contributed by atoms with Crippen LogP contribution in [-0.2, 0) is 0 Å². The van der Waals surface area contributed by atoms with Crippen LogP contribution in [0.5, 0.6) is 0 Å². The van der Waals surface area contributed by atoms with Crippen LogP contribution in [-0.4, -0.2) is 21.7 Å². The Morgan fingerprint density at radius 1 is 1.89 bits per heavy atom. The number of nitrogens with two attached hydrogens (primary N) is 1. The van der Waals surface area contributed by atoms with Crippen LogP contribution in [0.25, 0.3) is 0 Å². The molecule has 0 aliphatic rings. The Morgan fingerprint density at radius 2 is 2.67 bits per heavy atom. The lowest BCUT2D eigenvalue weighted by Crippen LogP contribution is -2.12. The van der Waals surface area contributed by atoms with Crippen LogP contribution in [0.15, 0.2) is 6.33 Å². The van der Waals surface area contributed by atoms with Crippen LogP contribution in [0, 0.1) is 0 Å². The van der Waals surface area contributed by atoms with Gasteiger partial charge in [0.15, 0.2) is 5.01 Å². The summed E-state index contributed by atoms with van der Waals surface area (Å²) in [5.41, 5.74) is 5.05. The second kappa shape index (κ2) is 2.65. The van der Waals surface area contributed by atoms with Gasteiger partial charge < -0.3 is 5.73 Å². The van der Waals surface area contributed by atoms with Gasteiger partial charge in [-0.15, -0.1) is 0 Å². The molecule has 0 radical (unpaired) electrons. The van der Waals surface area contributed by atoms with Crippen molar-refractivity contribution in [3.63, 3.8) is 0 Å². The fraction of sp³-hybridized carbons (Fsp3) is 0.250. The van der Waals surface area contributed by atoms with Crippen molar-refractivity contribution in [2.75, 3.05) is 6.54 Å². The van der Waals surface area contributed by atoms with E-state index in [-0.39, 0.29) is 12.3 Å². The number of nitrogens with zero attached hydrogens (tertiary/aromatic N) is 2. The zero-order valence-corrected chi connectivity index (χ0v) is 5.39. The number of hydrogen-bond donors (Lipinski definition) is 1. The SMILES string of the molecule is NCC(=O)c1ncns1. The maximum Gasteiger partial charge on any atom is 0.206 e. The van der Waals surface area contributed by atoms with E-state index in [2.05, 4.69) is 9.36 Å². The molecule has 0 bridgehead atoms. The molecule has 0 spiro atoms. The Hall–Kier alpha value is -0.810.